The van der Waals surface area contributed by atoms with Crippen molar-refractivity contribution >= 4 is 6.29 Å². The number of hydrogen-bond donors (Lipinski definition) is 0. The van der Waals surface area contributed by atoms with E-state index in [1.165, 1.54) is 0 Å². The van der Waals surface area contributed by atoms with E-state index in [0.717, 1.165) is 0 Å². The van der Waals surface area contributed by atoms with Crippen molar-refractivity contribution in [2.75, 3.05) is 0 Å². The van der Waals surface area contributed by atoms with Crippen LogP contribution >= 0.6 is 0 Å². The molecule has 0 amide bonds. The molecule has 0 rings (SSSR count). The Balaban J connectivity index is 0. The molecule has 0 aliphatic heterocycles. The summed E-state index contributed by atoms with van der Waals surface area (Å²) in [6, 6.07) is 0. The minimum absolute atomic E-state index is 0. The molecule has 0 aromatic rings. The molecule has 0 aromatic carbocycles. The van der Waals surface area contributed by atoms with Gasteiger partial charge in [-0.3, -0.25) is 4.79 Å². The molecule has 0 aliphatic rings. The average Bonchev–Trinajstić information content (AvgIpc) is 1.35. The van der Waals surface area contributed by atoms with Gasteiger partial charge in [-0.05, 0) is 0 Å². The molecule has 0 aromatic heterocycles. The Morgan fingerprint density at radius 2 is 1.43 bits per heavy atom. The smallest absolute Gasteiger partial charge is 0.293 e. The molecule has 0 saturated heterocycles. The molecule has 5 heteroatoms. The molecule has 47 valence electrons. The number of carbonyl (C=O) groups is 1. The van der Waals surface area contributed by atoms with Gasteiger partial charge in [0.15, 0.2) is 0 Å². The number of carbonyl (C=O) groups excluding carboxylic acids is 1. The van der Waals surface area contributed by atoms with Gasteiger partial charge in [0.1, 0.15) is 0 Å². The Hall–Kier alpha value is -0.0205. The number of alkyl halides is 3. The Kier molecular flexibility index (Phi) is 4.38. The molecule has 0 aliphatic carbocycles. The molecule has 0 atom stereocenters. The van der Waals surface area contributed by atoms with E-state index in [9.17, 15) is 13.2 Å². The van der Waals surface area contributed by atoms with Crippen molar-refractivity contribution in [1.82, 2.24) is 0 Å². The van der Waals surface area contributed by atoms with E-state index < -0.39 is 12.5 Å². The van der Waals surface area contributed by atoms with Crippen molar-refractivity contribution < 1.29 is 35.0 Å². The van der Waals surface area contributed by atoms with Gasteiger partial charge in [-0.15, -0.1) is 0 Å². The van der Waals surface area contributed by atoms with Crippen molar-refractivity contribution in [2.45, 2.75) is 6.18 Å². The number of hydrogen-bond acceptors (Lipinski definition) is 1. The van der Waals surface area contributed by atoms with Crippen molar-refractivity contribution in [3.8, 4) is 0 Å². The van der Waals surface area contributed by atoms with Crippen molar-refractivity contribution in [3.05, 3.63) is 0 Å². The zero-order chi connectivity index (χ0) is 5.21. The molecular weight excluding hydrogens is 161 g/mol. The van der Waals surface area contributed by atoms with Crippen LogP contribution in [0.1, 0.15) is 0 Å². The summed E-state index contributed by atoms with van der Waals surface area (Å²) >= 11 is 0. The monoisotopic (exact) mass is 161 g/mol. The summed E-state index contributed by atoms with van der Waals surface area (Å²) < 4.78 is 31.2. The molecule has 1 nitrogen and oxygen atoms in total. The van der Waals surface area contributed by atoms with Gasteiger partial charge in [0, 0.05) is 17.1 Å². The van der Waals surface area contributed by atoms with Crippen LogP contribution in [0.2, 0.25) is 0 Å². The topological polar surface area (TPSA) is 17.1 Å². The molecule has 0 N–H and O–H groups in total. The van der Waals surface area contributed by atoms with E-state index in [1.807, 2.05) is 0 Å². The number of halogens is 3. The third-order valence-corrected chi connectivity index (χ3v) is 0.134. The Labute approximate surface area is 48.4 Å². The standard InChI is InChI=1S/C2HF3O.Cu/c3-2(4,5)1-6;/h1H;. The summed E-state index contributed by atoms with van der Waals surface area (Å²) in [5.74, 6) is 0. The van der Waals surface area contributed by atoms with Crippen LogP contribution < -0.4 is 0 Å². The summed E-state index contributed by atoms with van der Waals surface area (Å²) in [7, 11) is 0. The summed E-state index contributed by atoms with van der Waals surface area (Å²) in [6.45, 7) is 0. The quantitative estimate of drug-likeness (QED) is 0.379. The normalized spacial score (nSPS) is 9.57. The van der Waals surface area contributed by atoms with E-state index in [-0.39, 0.29) is 17.1 Å². The molecular formula is C2HCuF3O. The van der Waals surface area contributed by atoms with Crippen LogP contribution in [-0.4, -0.2) is 12.5 Å². The summed E-state index contributed by atoms with van der Waals surface area (Å²) in [5, 5.41) is 0. The maximum atomic E-state index is 10.4. The second-order valence-electron chi connectivity index (χ2n) is 0.659. The molecule has 0 saturated carbocycles. The predicted octanol–water partition coefficient (Wildman–Crippen LogP) is 0.745. The van der Waals surface area contributed by atoms with E-state index in [0.29, 0.717) is 0 Å². The van der Waals surface area contributed by atoms with E-state index in [4.69, 9.17) is 4.79 Å². The van der Waals surface area contributed by atoms with Crippen molar-refractivity contribution in [1.29, 1.82) is 0 Å². The minimum Gasteiger partial charge on any atom is -0.293 e. The van der Waals surface area contributed by atoms with Gasteiger partial charge in [-0.25, -0.2) is 0 Å². The van der Waals surface area contributed by atoms with Crippen LogP contribution in [0.25, 0.3) is 0 Å². The van der Waals surface area contributed by atoms with E-state index in [2.05, 4.69) is 0 Å². The van der Waals surface area contributed by atoms with Crippen LogP contribution in [-0.2, 0) is 21.9 Å². The summed E-state index contributed by atoms with van der Waals surface area (Å²) in [5.41, 5.74) is 0. The van der Waals surface area contributed by atoms with Gasteiger partial charge < -0.3 is 0 Å². The first-order chi connectivity index (χ1) is 2.56. The Morgan fingerprint density at radius 3 is 1.43 bits per heavy atom. The largest absolute Gasteiger partial charge is 0.446 e. The second-order valence-corrected chi connectivity index (χ2v) is 0.659. The molecule has 0 fully saturated rings. The van der Waals surface area contributed by atoms with Gasteiger partial charge in [-0.2, -0.15) is 13.2 Å². The van der Waals surface area contributed by atoms with Crippen LogP contribution in [0.15, 0.2) is 0 Å². The molecule has 1 radical (unpaired) electrons. The molecule has 0 bridgehead atoms. The average molecular weight is 162 g/mol. The third kappa shape index (κ3) is 10.7. The minimum atomic E-state index is -4.64. The van der Waals surface area contributed by atoms with Crippen LogP contribution in [0.5, 0.6) is 0 Å². The van der Waals surface area contributed by atoms with Gasteiger partial charge in [0.25, 0.3) is 0 Å². The van der Waals surface area contributed by atoms with Gasteiger partial charge in [-0.1, -0.05) is 0 Å². The van der Waals surface area contributed by atoms with Gasteiger partial charge in [0.2, 0.25) is 6.29 Å². The van der Waals surface area contributed by atoms with Crippen LogP contribution in [0, 0.1) is 0 Å². The fourth-order valence-electron chi connectivity index (χ4n) is 0. The number of aldehydes is 1. The SMILES string of the molecule is O=CC(F)(F)F.[Cu]. The Morgan fingerprint density at radius 1 is 1.29 bits per heavy atom. The molecule has 7 heavy (non-hydrogen) atoms. The summed E-state index contributed by atoms with van der Waals surface area (Å²) in [4.78, 5) is 8.70. The molecule has 0 heterocycles. The van der Waals surface area contributed by atoms with Crippen LogP contribution in [0.3, 0.4) is 0 Å². The van der Waals surface area contributed by atoms with E-state index in [1.54, 1.807) is 0 Å². The molecule has 0 spiro atoms. The fourth-order valence-corrected chi connectivity index (χ4v) is 0. The zero-order valence-corrected chi connectivity index (χ0v) is 3.86. The van der Waals surface area contributed by atoms with E-state index >= 15 is 0 Å². The maximum absolute atomic E-state index is 10.4. The first kappa shape index (κ1) is 10.1. The maximum Gasteiger partial charge on any atom is 0.446 e. The fraction of sp³-hybridized carbons (Fsp3) is 0.500. The second kappa shape index (κ2) is 3.04. The first-order valence-corrected chi connectivity index (χ1v) is 1.09. The van der Waals surface area contributed by atoms with Gasteiger partial charge in [0.05, 0.1) is 0 Å². The van der Waals surface area contributed by atoms with Crippen molar-refractivity contribution in [3.63, 3.8) is 0 Å². The predicted molar refractivity (Wildman–Crippen MR) is 12.1 cm³/mol. The number of rotatable bonds is 0. The first-order valence-electron chi connectivity index (χ1n) is 1.09. The van der Waals surface area contributed by atoms with Gasteiger partial charge >= 0.3 is 6.18 Å². The zero-order valence-electron chi connectivity index (χ0n) is 2.92. The third-order valence-electron chi connectivity index (χ3n) is 0.134. The Bertz CT molecular complexity index is 58.4. The summed E-state index contributed by atoms with van der Waals surface area (Å²) in [6.07, 6.45) is -5.70. The van der Waals surface area contributed by atoms with Crippen LogP contribution in [0.4, 0.5) is 13.2 Å². The molecule has 0 unspecified atom stereocenters. The van der Waals surface area contributed by atoms with Crippen molar-refractivity contribution in [2.24, 2.45) is 0 Å².